The highest BCUT2D eigenvalue weighted by Gasteiger charge is 2.20. The zero-order valence-corrected chi connectivity index (χ0v) is 14.5. The van der Waals surface area contributed by atoms with Gasteiger partial charge in [0.15, 0.2) is 5.82 Å². The SMILES string of the molecule is Cc1ncc(NS(C)(=O)=O)c(N[C@H](C)c2cccc(C(F)F)c2F)n1. The number of nitrogens with zero attached hydrogens (tertiary/aromatic N) is 2. The van der Waals surface area contributed by atoms with Gasteiger partial charge in [-0.3, -0.25) is 4.72 Å². The Morgan fingerprint density at radius 1 is 1.20 bits per heavy atom. The van der Waals surface area contributed by atoms with E-state index in [1.54, 1.807) is 13.8 Å². The molecule has 2 N–H and O–H groups in total. The second-order valence-corrected chi connectivity index (χ2v) is 7.22. The summed E-state index contributed by atoms with van der Waals surface area (Å²) in [6, 6.07) is 2.98. The standard InChI is InChI=1S/C15H17F3N4O2S/c1-8(10-5-4-6-11(13(10)16)14(17)18)20-15-12(22-25(3,23)24)7-19-9(2)21-15/h4-8,14,22H,1-3H3,(H,19,20,21)/t8-/m1/s1. The molecule has 0 aliphatic carbocycles. The second-order valence-electron chi connectivity index (χ2n) is 5.47. The molecular formula is C15H17F3N4O2S. The summed E-state index contributed by atoms with van der Waals surface area (Å²) in [6.45, 7) is 3.15. The van der Waals surface area contributed by atoms with Gasteiger partial charge >= 0.3 is 0 Å². The van der Waals surface area contributed by atoms with Gasteiger partial charge in [-0.05, 0) is 13.8 Å². The molecule has 0 aliphatic rings. The Labute approximate surface area is 143 Å². The minimum absolute atomic E-state index is 0.0133. The summed E-state index contributed by atoms with van der Waals surface area (Å²) in [5.74, 6) is -0.538. The number of rotatable bonds is 6. The molecule has 1 aromatic heterocycles. The first-order chi connectivity index (χ1) is 11.6. The van der Waals surface area contributed by atoms with Gasteiger partial charge in [0.25, 0.3) is 6.43 Å². The van der Waals surface area contributed by atoms with Crippen molar-refractivity contribution in [3.63, 3.8) is 0 Å². The van der Waals surface area contributed by atoms with Gasteiger partial charge in [-0.1, -0.05) is 18.2 Å². The Hall–Kier alpha value is -2.36. The van der Waals surface area contributed by atoms with Crippen LogP contribution in [0, 0.1) is 12.7 Å². The van der Waals surface area contributed by atoms with E-state index < -0.39 is 33.9 Å². The average Bonchev–Trinajstić information content (AvgIpc) is 2.48. The number of sulfonamides is 1. The van der Waals surface area contributed by atoms with E-state index in [2.05, 4.69) is 20.0 Å². The van der Waals surface area contributed by atoms with Gasteiger partial charge in [0, 0.05) is 5.56 Å². The van der Waals surface area contributed by atoms with Crippen molar-refractivity contribution in [2.45, 2.75) is 26.3 Å². The maximum Gasteiger partial charge on any atom is 0.266 e. The number of hydrogen-bond donors (Lipinski definition) is 2. The number of halogens is 3. The van der Waals surface area contributed by atoms with Crippen molar-refractivity contribution in [1.82, 2.24) is 9.97 Å². The monoisotopic (exact) mass is 374 g/mol. The van der Waals surface area contributed by atoms with Gasteiger partial charge in [-0.15, -0.1) is 0 Å². The molecule has 136 valence electrons. The van der Waals surface area contributed by atoms with Crippen molar-refractivity contribution in [2.24, 2.45) is 0 Å². The minimum Gasteiger partial charge on any atom is -0.362 e. The summed E-state index contributed by atoms with van der Waals surface area (Å²) in [5.41, 5.74) is -0.607. The van der Waals surface area contributed by atoms with Gasteiger partial charge in [0.2, 0.25) is 10.0 Å². The molecule has 0 unspecified atom stereocenters. The van der Waals surface area contributed by atoms with Crippen LogP contribution in [0.25, 0.3) is 0 Å². The third kappa shape index (κ3) is 4.81. The highest BCUT2D eigenvalue weighted by atomic mass is 32.2. The van der Waals surface area contributed by atoms with Crippen LogP contribution in [-0.2, 0) is 10.0 Å². The third-order valence-electron chi connectivity index (χ3n) is 3.32. The average molecular weight is 374 g/mol. The van der Waals surface area contributed by atoms with Crippen molar-refractivity contribution in [3.05, 3.63) is 47.2 Å². The van der Waals surface area contributed by atoms with Gasteiger partial charge < -0.3 is 5.32 Å². The summed E-state index contributed by atoms with van der Waals surface area (Å²) >= 11 is 0. The molecule has 0 aliphatic heterocycles. The van der Waals surface area contributed by atoms with E-state index in [1.807, 2.05) is 0 Å². The van der Waals surface area contributed by atoms with Crippen molar-refractivity contribution in [2.75, 3.05) is 16.3 Å². The predicted octanol–water partition coefficient (Wildman–Crippen LogP) is 3.41. The van der Waals surface area contributed by atoms with Crippen LogP contribution in [0.2, 0.25) is 0 Å². The minimum atomic E-state index is -3.58. The van der Waals surface area contributed by atoms with E-state index in [1.165, 1.54) is 18.3 Å². The molecule has 6 nitrogen and oxygen atoms in total. The molecule has 0 bridgehead atoms. The highest BCUT2D eigenvalue weighted by Crippen LogP contribution is 2.30. The molecule has 0 amide bonds. The fraction of sp³-hybridized carbons (Fsp3) is 0.333. The lowest BCUT2D eigenvalue weighted by molar-refractivity contribution is 0.146. The molecule has 0 fully saturated rings. The normalized spacial score (nSPS) is 12.9. The second kappa shape index (κ2) is 7.26. The van der Waals surface area contributed by atoms with E-state index in [0.29, 0.717) is 5.82 Å². The lowest BCUT2D eigenvalue weighted by atomic mass is 10.0. The fourth-order valence-corrected chi connectivity index (χ4v) is 2.76. The van der Waals surface area contributed by atoms with Crippen molar-refractivity contribution in [3.8, 4) is 0 Å². The summed E-state index contributed by atoms with van der Waals surface area (Å²) in [5, 5.41) is 2.83. The van der Waals surface area contributed by atoms with Gasteiger partial charge in [-0.2, -0.15) is 0 Å². The number of aromatic nitrogens is 2. The maximum absolute atomic E-state index is 14.3. The molecule has 0 spiro atoms. The first kappa shape index (κ1) is 19.0. The van der Waals surface area contributed by atoms with E-state index >= 15 is 0 Å². The van der Waals surface area contributed by atoms with Gasteiger partial charge in [-0.25, -0.2) is 31.6 Å². The molecule has 0 radical (unpaired) electrons. The van der Waals surface area contributed by atoms with Crippen LogP contribution in [0.4, 0.5) is 24.7 Å². The molecule has 2 rings (SSSR count). The number of alkyl halides is 2. The van der Waals surface area contributed by atoms with Gasteiger partial charge in [0.1, 0.15) is 17.3 Å². The van der Waals surface area contributed by atoms with E-state index in [-0.39, 0.29) is 17.1 Å². The zero-order valence-electron chi connectivity index (χ0n) is 13.7. The van der Waals surface area contributed by atoms with Crippen LogP contribution in [0.3, 0.4) is 0 Å². The van der Waals surface area contributed by atoms with Crippen LogP contribution >= 0.6 is 0 Å². The molecule has 1 heterocycles. The van der Waals surface area contributed by atoms with Gasteiger partial charge in [0.05, 0.1) is 24.1 Å². The van der Waals surface area contributed by atoms with Crippen LogP contribution < -0.4 is 10.0 Å². The Morgan fingerprint density at radius 3 is 2.44 bits per heavy atom. The largest absolute Gasteiger partial charge is 0.362 e. The quantitative estimate of drug-likeness (QED) is 0.810. The Balaban J connectivity index is 2.37. The summed E-state index contributed by atoms with van der Waals surface area (Å²) in [4.78, 5) is 8.00. The van der Waals surface area contributed by atoms with Crippen LogP contribution in [0.1, 0.15) is 36.3 Å². The third-order valence-corrected chi connectivity index (χ3v) is 3.91. The van der Waals surface area contributed by atoms with E-state index in [4.69, 9.17) is 0 Å². The maximum atomic E-state index is 14.3. The molecule has 10 heteroatoms. The lowest BCUT2D eigenvalue weighted by Crippen LogP contribution is -2.16. The zero-order chi connectivity index (χ0) is 18.8. The molecular weight excluding hydrogens is 357 g/mol. The summed E-state index contributed by atoms with van der Waals surface area (Å²) < 4.78 is 65.1. The number of nitrogens with one attached hydrogen (secondary N) is 2. The molecule has 1 atom stereocenters. The number of anilines is 2. The fourth-order valence-electron chi connectivity index (χ4n) is 2.21. The van der Waals surface area contributed by atoms with E-state index in [9.17, 15) is 21.6 Å². The Kier molecular flexibility index (Phi) is 5.51. The first-order valence-electron chi connectivity index (χ1n) is 7.23. The Bertz CT molecular complexity index is 875. The Morgan fingerprint density at radius 2 is 1.84 bits per heavy atom. The molecule has 2 aromatic rings. The summed E-state index contributed by atoms with van der Waals surface area (Å²) in [6.07, 6.45) is -0.702. The molecule has 25 heavy (non-hydrogen) atoms. The lowest BCUT2D eigenvalue weighted by Gasteiger charge is -2.19. The van der Waals surface area contributed by atoms with Crippen LogP contribution in [0.5, 0.6) is 0 Å². The number of hydrogen-bond acceptors (Lipinski definition) is 5. The molecule has 0 saturated carbocycles. The first-order valence-corrected chi connectivity index (χ1v) is 9.12. The van der Waals surface area contributed by atoms with Crippen molar-refractivity contribution >= 4 is 21.5 Å². The molecule has 1 aromatic carbocycles. The number of benzene rings is 1. The summed E-state index contributed by atoms with van der Waals surface area (Å²) in [7, 11) is -3.58. The predicted molar refractivity (Wildman–Crippen MR) is 88.6 cm³/mol. The highest BCUT2D eigenvalue weighted by molar-refractivity contribution is 7.92. The van der Waals surface area contributed by atoms with Crippen molar-refractivity contribution < 1.29 is 21.6 Å². The topological polar surface area (TPSA) is 84.0 Å². The van der Waals surface area contributed by atoms with Crippen LogP contribution in [0.15, 0.2) is 24.4 Å². The van der Waals surface area contributed by atoms with E-state index in [0.717, 1.165) is 12.3 Å². The van der Waals surface area contributed by atoms with Crippen molar-refractivity contribution in [1.29, 1.82) is 0 Å². The van der Waals surface area contributed by atoms with Crippen LogP contribution in [-0.4, -0.2) is 24.6 Å². The molecule has 0 saturated heterocycles. The number of aryl methyl sites for hydroxylation is 1. The smallest absolute Gasteiger partial charge is 0.266 e.